The molecule has 0 bridgehead atoms. The smallest absolute Gasteiger partial charge is 0.309 e. The van der Waals surface area contributed by atoms with Crippen molar-refractivity contribution < 1.29 is 0 Å². The highest BCUT2D eigenvalue weighted by Gasteiger charge is 2.06. The quantitative estimate of drug-likeness (QED) is 0.534. The molecule has 0 unspecified atom stereocenters. The van der Waals surface area contributed by atoms with E-state index in [2.05, 4.69) is 16.4 Å². The molecule has 3 heteroatoms. The fraction of sp³-hybridized carbons (Fsp3) is 0.143. The Morgan fingerprint density at radius 2 is 2.40 bits per heavy atom. The van der Waals surface area contributed by atoms with Crippen molar-refractivity contribution in [2.45, 2.75) is 6.42 Å². The minimum absolute atomic E-state index is 0.163. The highest BCUT2D eigenvalue weighted by atomic mass is 16.1. The Kier molecular flexibility index (Phi) is 1.03. The molecule has 0 spiro atoms. The minimum atomic E-state index is -0.163. The van der Waals surface area contributed by atoms with E-state index in [-0.39, 0.29) is 5.69 Å². The molecule has 2 rings (SSSR count). The van der Waals surface area contributed by atoms with Gasteiger partial charge in [0.15, 0.2) is 0 Å². The van der Waals surface area contributed by atoms with E-state index in [9.17, 15) is 4.79 Å². The number of H-pyrrole nitrogens is 2. The summed E-state index contributed by atoms with van der Waals surface area (Å²) in [5.41, 5.74) is 1.45. The normalized spacial score (nSPS) is 15.2. The van der Waals surface area contributed by atoms with Crippen molar-refractivity contribution in [3.63, 3.8) is 0 Å². The van der Waals surface area contributed by atoms with Gasteiger partial charge in [-0.1, -0.05) is 6.08 Å². The summed E-state index contributed by atoms with van der Waals surface area (Å²) in [6.45, 7) is 0. The van der Waals surface area contributed by atoms with E-state index < -0.39 is 0 Å². The summed E-state index contributed by atoms with van der Waals surface area (Å²) in [5.74, 6) is 0. The molecule has 0 aliphatic heterocycles. The fourth-order valence-electron chi connectivity index (χ4n) is 0.999. The largest absolute Gasteiger partial charge is 0.323 e. The molecule has 2 N–H and O–H groups in total. The highest BCUT2D eigenvalue weighted by Crippen LogP contribution is 2.13. The second-order valence-corrected chi connectivity index (χ2v) is 2.15. The second kappa shape index (κ2) is 1.87. The van der Waals surface area contributed by atoms with E-state index >= 15 is 0 Å². The van der Waals surface area contributed by atoms with Crippen LogP contribution in [0, 0.1) is 6.42 Å². The van der Waals surface area contributed by atoms with Gasteiger partial charge in [-0.25, -0.2) is 4.79 Å². The monoisotopic (exact) mass is 134 g/mol. The number of allylic oxidation sites excluding steroid dienone is 1. The molecule has 0 fully saturated rings. The van der Waals surface area contributed by atoms with Crippen molar-refractivity contribution in [2.75, 3.05) is 0 Å². The fourth-order valence-corrected chi connectivity index (χ4v) is 0.999. The van der Waals surface area contributed by atoms with E-state index in [0.717, 1.165) is 17.8 Å². The van der Waals surface area contributed by atoms with Gasteiger partial charge in [0.2, 0.25) is 0 Å². The molecule has 1 aromatic rings. The summed E-state index contributed by atoms with van der Waals surface area (Å²) < 4.78 is 0. The number of rotatable bonds is 0. The van der Waals surface area contributed by atoms with Crippen LogP contribution < -0.4 is 5.69 Å². The molecule has 0 atom stereocenters. The zero-order valence-electron chi connectivity index (χ0n) is 5.27. The van der Waals surface area contributed by atoms with E-state index in [1.807, 2.05) is 12.2 Å². The summed E-state index contributed by atoms with van der Waals surface area (Å²) in [7, 11) is 0. The van der Waals surface area contributed by atoms with Crippen LogP contribution in [0.25, 0.3) is 6.08 Å². The van der Waals surface area contributed by atoms with Crippen LogP contribution in [0.5, 0.6) is 0 Å². The van der Waals surface area contributed by atoms with Crippen molar-refractivity contribution in [2.24, 2.45) is 0 Å². The van der Waals surface area contributed by atoms with Crippen LogP contribution >= 0.6 is 0 Å². The molecule has 2 radical (unpaired) electrons. The molecule has 1 aliphatic rings. The number of fused-ring (bicyclic) bond motifs is 1. The summed E-state index contributed by atoms with van der Waals surface area (Å²) in [4.78, 5) is 15.9. The lowest BCUT2D eigenvalue weighted by molar-refractivity contribution is 1.13. The Balaban J connectivity index is 2.63. The van der Waals surface area contributed by atoms with Crippen molar-refractivity contribution in [1.82, 2.24) is 9.97 Å². The van der Waals surface area contributed by atoms with Gasteiger partial charge in [-0.15, -0.1) is 0 Å². The maximum Gasteiger partial charge on any atom is 0.323 e. The predicted molar refractivity (Wildman–Crippen MR) is 37.4 cm³/mol. The molecule has 1 aromatic heterocycles. The standard InChI is InChI=1S/C7H6N2O/c10-7-8-5-3-1-2-4-6(5)9-7/h1,3H,2H2,(H2,8,9,10). The number of hydrogen-bond donors (Lipinski definition) is 2. The molecular formula is C7H6N2O. The third kappa shape index (κ3) is 0.708. The van der Waals surface area contributed by atoms with Crippen LogP contribution in [-0.4, -0.2) is 9.97 Å². The van der Waals surface area contributed by atoms with E-state index in [1.54, 1.807) is 0 Å². The first-order valence-corrected chi connectivity index (χ1v) is 3.09. The van der Waals surface area contributed by atoms with Gasteiger partial charge in [-0.3, -0.25) is 0 Å². The summed E-state index contributed by atoms with van der Waals surface area (Å²) in [6, 6.07) is 0. The number of imidazole rings is 1. The predicted octanol–water partition coefficient (Wildman–Crippen LogP) is 0.549. The highest BCUT2D eigenvalue weighted by molar-refractivity contribution is 5.52. The molecular weight excluding hydrogens is 128 g/mol. The van der Waals surface area contributed by atoms with Gasteiger partial charge in [0.25, 0.3) is 0 Å². The van der Waals surface area contributed by atoms with Crippen molar-refractivity contribution in [1.29, 1.82) is 0 Å². The average molecular weight is 134 g/mol. The number of aromatic amines is 2. The lowest BCUT2D eigenvalue weighted by Crippen LogP contribution is -2.00. The van der Waals surface area contributed by atoms with E-state index in [0.29, 0.717) is 0 Å². The lowest BCUT2D eigenvalue weighted by atomic mass is 10.1. The van der Waals surface area contributed by atoms with Gasteiger partial charge >= 0.3 is 5.69 Å². The lowest BCUT2D eigenvalue weighted by Gasteiger charge is -1.99. The van der Waals surface area contributed by atoms with Gasteiger partial charge in [0.1, 0.15) is 0 Å². The second-order valence-electron chi connectivity index (χ2n) is 2.15. The average Bonchev–Trinajstić information content (AvgIpc) is 2.27. The molecule has 0 aromatic carbocycles. The topological polar surface area (TPSA) is 48.6 Å². The minimum Gasteiger partial charge on any atom is -0.309 e. The molecule has 1 aliphatic carbocycles. The molecule has 0 amide bonds. The van der Waals surface area contributed by atoms with Crippen molar-refractivity contribution in [3.8, 4) is 0 Å². The summed E-state index contributed by atoms with van der Waals surface area (Å²) in [6.07, 6.45) is 7.62. The third-order valence-corrected chi connectivity index (χ3v) is 1.44. The maximum absolute atomic E-state index is 10.7. The van der Waals surface area contributed by atoms with E-state index in [1.165, 1.54) is 0 Å². The third-order valence-electron chi connectivity index (χ3n) is 1.44. The Morgan fingerprint density at radius 3 is 3.20 bits per heavy atom. The molecule has 0 saturated carbocycles. The van der Waals surface area contributed by atoms with Crippen LogP contribution in [-0.2, 0) is 0 Å². The molecule has 50 valence electrons. The van der Waals surface area contributed by atoms with Crippen molar-refractivity contribution >= 4 is 6.08 Å². The first-order valence-electron chi connectivity index (χ1n) is 3.09. The van der Waals surface area contributed by atoms with Crippen LogP contribution in [0.3, 0.4) is 0 Å². The van der Waals surface area contributed by atoms with Gasteiger partial charge in [-0.05, 0) is 12.5 Å². The molecule has 3 nitrogen and oxygen atoms in total. The van der Waals surface area contributed by atoms with E-state index in [4.69, 9.17) is 0 Å². The van der Waals surface area contributed by atoms with Crippen LogP contribution in [0.4, 0.5) is 0 Å². The molecule has 0 saturated heterocycles. The molecule has 1 heterocycles. The Morgan fingerprint density at radius 1 is 1.50 bits per heavy atom. The number of aromatic nitrogens is 2. The van der Waals surface area contributed by atoms with Gasteiger partial charge < -0.3 is 9.97 Å². The number of hydrogen-bond acceptors (Lipinski definition) is 1. The zero-order chi connectivity index (χ0) is 6.97. The first-order chi connectivity index (χ1) is 4.86. The summed E-state index contributed by atoms with van der Waals surface area (Å²) in [5, 5.41) is 0. The maximum atomic E-state index is 10.7. The summed E-state index contributed by atoms with van der Waals surface area (Å²) >= 11 is 0. The number of nitrogens with one attached hydrogen (secondary N) is 2. The van der Waals surface area contributed by atoms with Gasteiger partial charge in [0, 0.05) is 6.42 Å². The van der Waals surface area contributed by atoms with Gasteiger partial charge in [0.05, 0.1) is 11.4 Å². The first kappa shape index (κ1) is 5.53. The Bertz CT molecular complexity index is 319. The SMILES string of the molecule is O=c1[nH]c2c([nH]1)C=CC[C]2. The van der Waals surface area contributed by atoms with Crippen LogP contribution in [0.2, 0.25) is 0 Å². The van der Waals surface area contributed by atoms with Crippen LogP contribution in [0.1, 0.15) is 17.8 Å². The van der Waals surface area contributed by atoms with Crippen molar-refractivity contribution in [3.05, 3.63) is 34.4 Å². The zero-order valence-corrected chi connectivity index (χ0v) is 5.27. The van der Waals surface area contributed by atoms with Crippen LogP contribution in [0.15, 0.2) is 10.9 Å². The molecule has 10 heavy (non-hydrogen) atoms. The Labute approximate surface area is 57.8 Å². The Hall–Kier alpha value is -1.25. The van der Waals surface area contributed by atoms with Gasteiger partial charge in [-0.2, -0.15) is 0 Å².